The van der Waals surface area contributed by atoms with Gasteiger partial charge in [0.25, 0.3) is 0 Å². The van der Waals surface area contributed by atoms with Crippen LogP contribution in [-0.2, 0) is 0 Å². The predicted molar refractivity (Wildman–Crippen MR) is 90.5 cm³/mol. The molecular formula is C19H24N2O2. The quantitative estimate of drug-likeness (QED) is 0.904. The third-order valence-electron chi connectivity index (χ3n) is 5.16. The van der Waals surface area contributed by atoms with E-state index < -0.39 is 6.10 Å². The van der Waals surface area contributed by atoms with Crippen molar-refractivity contribution in [3.05, 3.63) is 53.6 Å². The summed E-state index contributed by atoms with van der Waals surface area (Å²) < 4.78 is 6.13. The van der Waals surface area contributed by atoms with Gasteiger partial charge in [-0.05, 0) is 24.8 Å². The first-order chi connectivity index (χ1) is 11.2. The Hall–Kier alpha value is -1.62. The Morgan fingerprint density at radius 2 is 1.96 bits per heavy atom. The van der Waals surface area contributed by atoms with Crippen molar-refractivity contribution in [2.75, 3.05) is 39.8 Å². The smallest absolute Gasteiger partial charge is 0.127 e. The van der Waals surface area contributed by atoms with Crippen molar-refractivity contribution in [2.45, 2.75) is 12.2 Å². The van der Waals surface area contributed by atoms with E-state index in [2.05, 4.69) is 35.1 Å². The number of piperazine rings is 1. The second kappa shape index (κ2) is 6.11. The van der Waals surface area contributed by atoms with E-state index >= 15 is 0 Å². The van der Waals surface area contributed by atoms with Crippen molar-refractivity contribution in [3.63, 3.8) is 0 Å². The molecule has 3 unspecified atom stereocenters. The zero-order valence-electron chi connectivity index (χ0n) is 13.6. The SMILES string of the molecule is CN1CCN(CC2=CC3Oc4ccccc4C(O)C3C=C2)CC1. The second-order valence-electron chi connectivity index (χ2n) is 6.82. The number of aliphatic hydroxyl groups excluding tert-OH is 1. The Morgan fingerprint density at radius 3 is 2.78 bits per heavy atom. The highest BCUT2D eigenvalue weighted by molar-refractivity contribution is 5.42. The molecule has 1 aromatic rings. The summed E-state index contributed by atoms with van der Waals surface area (Å²) in [6.45, 7) is 5.45. The fourth-order valence-corrected chi connectivity index (χ4v) is 3.68. The van der Waals surface area contributed by atoms with Gasteiger partial charge in [-0.3, -0.25) is 4.90 Å². The molecule has 4 rings (SSSR count). The van der Waals surface area contributed by atoms with Crippen LogP contribution in [0.4, 0.5) is 0 Å². The van der Waals surface area contributed by atoms with Gasteiger partial charge in [0.05, 0.1) is 6.10 Å². The first kappa shape index (κ1) is 14.9. The molecule has 0 amide bonds. The fraction of sp³-hybridized carbons (Fsp3) is 0.474. The minimum atomic E-state index is -0.484. The number of aliphatic hydroxyl groups is 1. The molecule has 23 heavy (non-hydrogen) atoms. The van der Waals surface area contributed by atoms with Gasteiger partial charge in [0.1, 0.15) is 11.9 Å². The van der Waals surface area contributed by atoms with Gasteiger partial charge in [-0.1, -0.05) is 30.4 Å². The third kappa shape index (κ3) is 2.94. The first-order valence-corrected chi connectivity index (χ1v) is 8.44. The molecule has 0 radical (unpaired) electrons. The number of nitrogens with zero attached hydrogens (tertiary/aromatic N) is 2. The molecule has 4 nitrogen and oxygen atoms in total. The molecular weight excluding hydrogens is 288 g/mol. The van der Waals surface area contributed by atoms with Crippen LogP contribution in [0.15, 0.2) is 48.1 Å². The van der Waals surface area contributed by atoms with E-state index in [9.17, 15) is 5.11 Å². The van der Waals surface area contributed by atoms with E-state index in [1.807, 2.05) is 24.3 Å². The van der Waals surface area contributed by atoms with Gasteiger partial charge in [-0.2, -0.15) is 0 Å². The second-order valence-corrected chi connectivity index (χ2v) is 6.82. The van der Waals surface area contributed by atoms with Gasteiger partial charge in [0.15, 0.2) is 0 Å². The number of benzene rings is 1. The standard InChI is InChI=1S/C19H24N2O2/c1-20-8-10-21(11-9-20)13-14-6-7-16-18(12-14)23-17-5-3-2-4-15(17)19(16)22/h2-7,12,16,18-19,22H,8-11,13H2,1H3. The normalized spacial score (nSPS) is 31.0. The molecule has 0 saturated carbocycles. The molecule has 3 atom stereocenters. The molecule has 0 bridgehead atoms. The van der Waals surface area contributed by atoms with Crippen LogP contribution < -0.4 is 4.74 Å². The van der Waals surface area contributed by atoms with E-state index in [0.717, 1.165) is 44.0 Å². The third-order valence-corrected chi connectivity index (χ3v) is 5.16. The summed E-state index contributed by atoms with van der Waals surface area (Å²) in [5.41, 5.74) is 2.19. The number of para-hydroxylation sites is 1. The van der Waals surface area contributed by atoms with Gasteiger partial charge in [0, 0.05) is 44.2 Å². The lowest BCUT2D eigenvalue weighted by molar-refractivity contribution is 0.0425. The van der Waals surface area contributed by atoms with Crippen LogP contribution in [0, 0.1) is 5.92 Å². The molecule has 122 valence electrons. The Bertz CT molecular complexity index is 632. The van der Waals surface area contributed by atoms with Crippen LogP contribution in [-0.4, -0.2) is 60.8 Å². The molecule has 1 aliphatic carbocycles. The Balaban J connectivity index is 1.49. The van der Waals surface area contributed by atoms with Crippen LogP contribution in [0.2, 0.25) is 0 Å². The molecule has 1 aromatic carbocycles. The summed E-state index contributed by atoms with van der Waals surface area (Å²) in [4.78, 5) is 4.86. The van der Waals surface area contributed by atoms with Crippen LogP contribution in [0.5, 0.6) is 5.75 Å². The largest absolute Gasteiger partial charge is 0.485 e. The predicted octanol–water partition coefficient (Wildman–Crippen LogP) is 1.84. The van der Waals surface area contributed by atoms with E-state index in [0.29, 0.717) is 0 Å². The average Bonchev–Trinajstić information content (AvgIpc) is 2.57. The van der Waals surface area contributed by atoms with Crippen molar-refractivity contribution in [1.82, 2.24) is 9.80 Å². The van der Waals surface area contributed by atoms with Crippen molar-refractivity contribution in [2.24, 2.45) is 5.92 Å². The minimum Gasteiger partial charge on any atom is -0.485 e. The maximum Gasteiger partial charge on any atom is 0.127 e. The highest BCUT2D eigenvalue weighted by Gasteiger charge is 2.36. The van der Waals surface area contributed by atoms with E-state index in [1.165, 1.54) is 5.57 Å². The van der Waals surface area contributed by atoms with Gasteiger partial charge in [0.2, 0.25) is 0 Å². The van der Waals surface area contributed by atoms with Crippen molar-refractivity contribution < 1.29 is 9.84 Å². The molecule has 0 aromatic heterocycles. The van der Waals surface area contributed by atoms with Gasteiger partial charge in [-0.25, -0.2) is 0 Å². The Morgan fingerprint density at radius 1 is 1.17 bits per heavy atom. The van der Waals surface area contributed by atoms with E-state index in [-0.39, 0.29) is 12.0 Å². The molecule has 3 aliphatic rings. The van der Waals surface area contributed by atoms with Gasteiger partial charge in [-0.15, -0.1) is 0 Å². The fourth-order valence-electron chi connectivity index (χ4n) is 3.68. The lowest BCUT2D eigenvalue weighted by Gasteiger charge is -2.37. The summed E-state index contributed by atoms with van der Waals surface area (Å²) >= 11 is 0. The monoisotopic (exact) mass is 312 g/mol. The maximum absolute atomic E-state index is 10.6. The number of likely N-dealkylation sites (N-methyl/N-ethyl adjacent to an activating group) is 1. The van der Waals surface area contributed by atoms with Crippen molar-refractivity contribution >= 4 is 0 Å². The minimum absolute atomic E-state index is 0.0149. The van der Waals surface area contributed by atoms with Crippen molar-refractivity contribution in [1.29, 1.82) is 0 Å². The van der Waals surface area contributed by atoms with Crippen LogP contribution in [0.3, 0.4) is 0 Å². The van der Waals surface area contributed by atoms with Crippen LogP contribution in [0.25, 0.3) is 0 Å². The van der Waals surface area contributed by atoms with Gasteiger partial charge >= 0.3 is 0 Å². The zero-order valence-corrected chi connectivity index (χ0v) is 13.6. The summed E-state index contributed by atoms with van der Waals surface area (Å²) in [6.07, 6.45) is 5.94. The molecule has 1 N–H and O–H groups in total. The van der Waals surface area contributed by atoms with E-state index in [1.54, 1.807) is 0 Å². The Kier molecular flexibility index (Phi) is 3.97. The number of fused-ring (bicyclic) bond motifs is 2. The maximum atomic E-state index is 10.6. The van der Waals surface area contributed by atoms with Crippen LogP contribution in [0.1, 0.15) is 11.7 Å². The summed E-state index contributed by atoms with van der Waals surface area (Å²) in [5.74, 6) is 0.827. The first-order valence-electron chi connectivity index (χ1n) is 8.44. The lowest BCUT2D eigenvalue weighted by atomic mass is 9.83. The number of hydrogen-bond donors (Lipinski definition) is 1. The topological polar surface area (TPSA) is 35.9 Å². The molecule has 1 saturated heterocycles. The summed E-state index contributed by atoms with van der Waals surface area (Å²) in [6, 6.07) is 7.81. The molecule has 4 heteroatoms. The van der Waals surface area contributed by atoms with Crippen LogP contribution >= 0.6 is 0 Å². The van der Waals surface area contributed by atoms with E-state index in [4.69, 9.17) is 4.74 Å². The molecule has 0 spiro atoms. The number of ether oxygens (including phenoxy) is 1. The van der Waals surface area contributed by atoms with Gasteiger partial charge < -0.3 is 14.7 Å². The lowest BCUT2D eigenvalue weighted by Crippen LogP contribution is -2.45. The number of rotatable bonds is 2. The summed E-state index contributed by atoms with van der Waals surface area (Å²) in [7, 11) is 2.18. The molecule has 2 heterocycles. The highest BCUT2D eigenvalue weighted by Crippen LogP contribution is 2.41. The highest BCUT2D eigenvalue weighted by atomic mass is 16.5. The summed E-state index contributed by atoms with van der Waals surface area (Å²) in [5, 5.41) is 10.6. The van der Waals surface area contributed by atoms with Crippen molar-refractivity contribution in [3.8, 4) is 5.75 Å². The number of hydrogen-bond acceptors (Lipinski definition) is 4. The molecule has 2 aliphatic heterocycles. The average molecular weight is 312 g/mol. The molecule has 1 fully saturated rings. The zero-order chi connectivity index (χ0) is 15.8. The Labute approximate surface area is 137 Å².